The molecule has 0 atom stereocenters. The Hall–Kier alpha value is -1.55. The first-order valence-corrected chi connectivity index (χ1v) is 8.48. The highest BCUT2D eigenvalue weighted by molar-refractivity contribution is 6.36. The second-order valence-corrected chi connectivity index (χ2v) is 6.51. The molecule has 0 radical (unpaired) electrons. The third-order valence-electron chi connectivity index (χ3n) is 4.14. The minimum absolute atomic E-state index is 0.632. The van der Waals surface area contributed by atoms with Crippen LogP contribution in [0.2, 0.25) is 10.0 Å². The SMILES string of the molecule is Cc1ccc(Cl)c2c(CCCCN)c(-c3ccncc3Cl)[nH]c12. The molecule has 2 heterocycles. The van der Waals surface area contributed by atoms with Gasteiger partial charge in [0.1, 0.15) is 0 Å². The average molecular weight is 348 g/mol. The number of hydrogen-bond acceptors (Lipinski definition) is 2. The predicted molar refractivity (Wildman–Crippen MR) is 98.3 cm³/mol. The first-order chi connectivity index (χ1) is 11.1. The molecule has 2 aromatic heterocycles. The lowest BCUT2D eigenvalue weighted by Crippen LogP contribution is -1.99. The smallest absolute Gasteiger partial charge is 0.0682 e. The number of pyridine rings is 1. The zero-order valence-electron chi connectivity index (χ0n) is 13.0. The lowest BCUT2D eigenvalue weighted by Gasteiger charge is -2.07. The molecular formula is C18H19Cl2N3. The van der Waals surface area contributed by atoms with Crippen LogP contribution in [0.5, 0.6) is 0 Å². The van der Waals surface area contributed by atoms with E-state index in [1.807, 2.05) is 18.2 Å². The summed E-state index contributed by atoms with van der Waals surface area (Å²) < 4.78 is 0. The summed E-state index contributed by atoms with van der Waals surface area (Å²) in [5.74, 6) is 0. The zero-order chi connectivity index (χ0) is 16.4. The van der Waals surface area contributed by atoms with Gasteiger partial charge < -0.3 is 10.7 Å². The highest BCUT2D eigenvalue weighted by atomic mass is 35.5. The van der Waals surface area contributed by atoms with E-state index in [0.29, 0.717) is 11.6 Å². The quantitative estimate of drug-likeness (QED) is 0.628. The Morgan fingerprint density at radius 3 is 2.70 bits per heavy atom. The largest absolute Gasteiger partial charge is 0.354 e. The standard InChI is InChI=1S/C18H19Cl2N3/c1-11-5-6-14(19)16-13(4-2-3-8-21)18(23-17(11)16)12-7-9-22-10-15(12)20/h5-7,9-10,23H,2-4,8,21H2,1H3. The Labute approximate surface area is 145 Å². The van der Waals surface area contributed by atoms with Crippen molar-refractivity contribution in [3.8, 4) is 11.3 Å². The number of rotatable bonds is 5. The van der Waals surface area contributed by atoms with E-state index in [1.54, 1.807) is 12.4 Å². The molecule has 120 valence electrons. The van der Waals surface area contributed by atoms with Gasteiger partial charge in [0.25, 0.3) is 0 Å². The molecule has 0 aliphatic heterocycles. The van der Waals surface area contributed by atoms with Crippen molar-refractivity contribution < 1.29 is 0 Å². The first kappa shape index (κ1) is 16.3. The van der Waals surface area contributed by atoms with E-state index in [0.717, 1.165) is 46.4 Å². The van der Waals surface area contributed by atoms with Crippen LogP contribution in [0.1, 0.15) is 24.0 Å². The number of nitrogens with one attached hydrogen (secondary N) is 1. The molecule has 0 amide bonds. The molecule has 0 aliphatic rings. The van der Waals surface area contributed by atoms with E-state index in [4.69, 9.17) is 28.9 Å². The molecule has 3 rings (SSSR count). The molecule has 1 aromatic carbocycles. The fourth-order valence-corrected chi connectivity index (χ4v) is 3.45. The van der Waals surface area contributed by atoms with Gasteiger partial charge in [0.05, 0.1) is 21.3 Å². The van der Waals surface area contributed by atoms with E-state index in [9.17, 15) is 0 Å². The van der Waals surface area contributed by atoms with Crippen LogP contribution < -0.4 is 5.73 Å². The summed E-state index contributed by atoms with van der Waals surface area (Å²) in [5, 5.41) is 2.49. The number of benzene rings is 1. The summed E-state index contributed by atoms with van der Waals surface area (Å²) >= 11 is 12.9. The van der Waals surface area contributed by atoms with Gasteiger partial charge >= 0.3 is 0 Å². The number of hydrogen-bond donors (Lipinski definition) is 2. The molecule has 0 bridgehead atoms. The number of H-pyrrole nitrogens is 1. The summed E-state index contributed by atoms with van der Waals surface area (Å²) in [6.45, 7) is 2.78. The second kappa shape index (κ2) is 6.91. The van der Waals surface area contributed by atoms with Gasteiger partial charge in [-0.1, -0.05) is 29.3 Å². The van der Waals surface area contributed by atoms with E-state index >= 15 is 0 Å². The van der Waals surface area contributed by atoms with Crippen molar-refractivity contribution in [3.63, 3.8) is 0 Å². The third-order valence-corrected chi connectivity index (χ3v) is 4.76. The molecule has 3 aromatic rings. The maximum atomic E-state index is 6.50. The van der Waals surface area contributed by atoms with Gasteiger partial charge in [-0.3, -0.25) is 4.98 Å². The summed E-state index contributed by atoms with van der Waals surface area (Å²) in [7, 11) is 0. The Bertz CT molecular complexity index is 840. The summed E-state index contributed by atoms with van der Waals surface area (Å²) in [6, 6.07) is 5.92. The van der Waals surface area contributed by atoms with Gasteiger partial charge in [-0.15, -0.1) is 0 Å². The van der Waals surface area contributed by atoms with Crippen LogP contribution in [-0.2, 0) is 6.42 Å². The molecule has 0 aliphatic carbocycles. The number of nitrogens with two attached hydrogens (primary N) is 1. The van der Waals surface area contributed by atoms with Gasteiger partial charge in [0.15, 0.2) is 0 Å². The number of nitrogens with zero attached hydrogens (tertiary/aromatic N) is 1. The lowest BCUT2D eigenvalue weighted by atomic mass is 10.00. The van der Waals surface area contributed by atoms with Crippen LogP contribution in [0.3, 0.4) is 0 Å². The van der Waals surface area contributed by atoms with Crippen molar-refractivity contribution in [2.75, 3.05) is 6.54 Å². The number of halogens is 2. The summed E-state index contributed by atoms with van der Waals surface area (Å²) in [5.41, 5.74) is 11.1. The van der Waals surface area contributed by atoms with E-state index in [2.05, 4.69) is 16.9 Å². The molecular weight excluding hydrogens is 329 g/mol. The van der Waals surface area contributed by atoms with E-state index in [-0.39, 0.29) is 0 Å². The number of aromatic amines is 1. The number of fused-ring (bicyclic) bond motifs is 1. The lowest BCUT2D eigenvalue weighted by molar-refractivity contribution is 0.748. The van der Waals surface area contributed by atoms with Crippen molar-refractivity contribution in [1.82, 2.24) is 9.97 Å². The maximum absolute atomic E-state index is 6.50. The molecule has 5 heteroatoms. The number of aromatic nitrogens is 2. The van der Waals surface area contributed by atoms with Crippen molar-refractivity contribution in [3.05, 3.63) is 51.8 Å². The predicted octanol–water partition coefficient (Wildman–Crippen LogP) is 5.13. The second-order valence-electron chi connectivity index (χ2n) is 5.69. The fraction of sp³-hybridized carbons (Fsp3) is 0.278. The molecule has 0 spiro atoms. The minimum atomic E-state index is 0.632. The number of aryl methyl sites for hydroxylation is 2. The molecule has 0 saturated carbocycles. The normalized spacial score (nSPS) is 11.3. The van der Waals surface area contributed by atoms with Crippen molar-refractivity contribution in [2.45, 2.75) is 26.2 Å². The monoisotopic (exact) mass is 347 g/mol. The Morgan fingerprint density at radius 1 is 1.13 bits per heavy atom. The molecule has 3 N–H and O–H groups in total. The van der Waals surface area contributed by atoms with E-state index < -0.39 is 0 Å². The Kier molecular flexibility index (Phi) is 4.90. The number of unbranched alkanes of at least 4 members (excludes halogenated alkanes) is 1. The van der Waals surface area contributed by atoms with Crippen LogP contribution >= 0.6 is 23.2 Å². The molecule has 0 unspecified atom stereocenters. The van der Waals surface area contributed by atoms with Crippen molar-refractivity contribution in [2.24, 2.45) is 5.73 Å². The molecule has 23 heavy (non-hydrogen) atoms. The van der Waals surface area contributed by atoms with Gasteiger partial charge in [0, 0.05) is 23.3 Å². The Balaban J connectivity index is 2.24. The van der Waals surface area contributed by atoms with Gasteiger partial charge in [-0.25, -0.2) is 0 Å². The minimum Gasteiger partial charge on any atom is -0.354 e. The third kappa shape index (κ3) is 3.09. The highest BCUT2D eigenvalue weighted by Gasteiger charge is 2.18. The molecule has 0 fully saturated rings. The van der Waals surface area contributed by atoms with E-state index in [1.165, 1.54) is 11.1 Å². The average Bonchev–Trinajstić information content (AvgIpc) is 2.92. The summed E-state index contributed by atoms with van der Waals surface area (Å²) in [6.07, 6.45) is 6.34. The zero-order valence-corrected chi connectivity index (χ0v) is 14.5. The van der Waals surface area contributed by atoms with Crippen LogP contribution in [0.15, 0.2) is 30.6 Å². The topological polar surface area (TPSA) is 54.7 Å². The van der Waals surface area contributed by atoms with Crippen LogP contribution in [0.25, 0.3) is 22.2 Å². The van der Waals surface area contributed by atoms with Gasteiger partial charge in [-0.2, -0.15) is 0 Å². The maximum Gasteiger partial charge on any atom is 0.0682 e. The van der Waals surface area contributed by atoms with Crippen LogP contribution in [0.4, 0.5) is 0 Å². The first-order valence-electron chi connectivity index (χ1n) is 7.73. The molecule has 0 saturated heterocycles. The van der Waals surface area contributed by atoms with Gasteiger partial charge in [-0.05, 0) is 56.0 Å². The van der Waals surface area contributed by atoms with Crippen LogP contribution in [0, 0.1) is 6.92 Å². The molecule has 3 nitrogen and oxygen atoms in total. The fourth-order valence-electron chi connectivity index (χ4n) is 2.97. The van der Waals surface area contributed by atoms with Crippen molar-refractivity contribution in [1.29, 1.82) is 0 Å². The highest BCUT2D eigenvalue weighted by Crippen LogP contribution is 2.38. The van der Waals surface area contributed by atoms with Gasteiger partial charge in [0.2, 0.25) is 0 Å². The van der Waals surface area contributed by atoms with Crippen molar-refractivity contribution >= 4 is 34.1 Å². The summed E-state index contributed by atoms with van der Waals surface area (Å²) in [4.78, 5) is 7.61. The Morgan fingerprint density at radius 2 is 1.96 bits per heavy atom. The van der Waals surface area contributed by atoms with Crippen LogP contribution in [-0.4, -0.2) is 16.5 Å².